The number of rotatable bonds is 8. The van der Waals surface area contributed by atoms with Crippen LogP contribution in [0.4, 0.5) is 0 Å². The Morgan fingerprint density at radius 3 is 2.58 bits per heavy atom. The van der Waals surface area contributed by atoms with Crippen molar-refractivity contribution in [3.63, 3.8) is 0 Å². The van der Waals surface area contributed by atoms with Crippen LogP contribution in [0.3, 0.4) is 0 Å². The van der Waals surface area contributed by atoms with Crippen LogP contribution in [0.25, 0.3) is 0 Å². The zero-order valence-electron chi connectivity index (χ0n) is 12.2. The summed E-state index contributed by atoms with van der Waals surface area (Å²) >= 11 is 1.83. The third-order valence-electron chi connectivity index (χ3n) is 3.99. The molecule has 0 radical (unpaired) electrons. The largest absolute Gasteiger partial charge is 0.317 e. The predicted octanol–water partition coefficient (Wildman–Crippen LogP) is 3.59. The van der Waals surface area contributed by atoms with Crippen LogP contribution in [-0.2, 0) is 12.8 Å². The maximum Gasteiger partial charge on any atom is 0.117 e. The fourth-order valence-corrected chi connectivity index (χ4v) is 3.74. The van der Waals surface area contributed by atoms with Crippen LogP contribution in [0.5, 0.6) is 0 Å². The van der Waals surface area contributed by atoms with Gasteiger partial charge < -0.3 is 5.32 Å². The SMILES string of the molecule is CCNCCCc1nnc(CCC2CCCCC2)s1. The number of aryl methyl sites for hydroxylation is 2. The highest BCUT2D eigenvalue weighted by molar-refractivity contribution is 7.11. The lowest BCUT2D eigenvalue weighted by molar-refractivity contribution is 0.339. The summed E-state index contributed by atoms with van der Waals surface area (Å²) in [4.78, 5) is 0. The van der Waals surface area contributed by atoms with Gasteiger partial charge in [-0.05, 0) is 31.8 Å². The molecule has 0 unspecified atom stereocenters. The molecule has 3 nitrogen and oxygen atoms in total. The molecule has 1 heterocycles. The van der Waals surface area contributed by atoms with Crippen molar-refractivity contribution in [1.29, 1.82) is 0 Å². The number of hydrogen-bond acceptors (Lipinski definition) is 4. The monoisotopic (exact) mass is 281 g/mol. The van der Waals surface area contributed by atoms with E-state index >= 15 is 0 Å². The molecule has 1 saturated carbocycles. The molecule has 19 heavy (non-hydrogen) atoms. The molecule has 1 fully saturated rings. The molecule has 0 aromatic carbocycles. The van der Waals surface area contributed by atoms with E-state index in [1.165, 1.54) is 55.0 Å². The summed E-state index contributed by atoms with van der Waals surface area (Å²) in [6, 6.07) is 0. The van der Waals surface area contributed by atoms with Crippen LogP contribution in [-0.4, -0.2) is 23.3 Å². The highest BCUT2D eigenvalue weighted by atomic mass is 32.1. The normalized spacial score (nSPS) is 16.9. The Kier molecular flexibility index (Phi) is 6.79. The van der Waals surface area contributed by atoms with Crippen LogP contribution in [0.1, 0.15) is 61.9 Å². The Labute approximate surface area is 121 Å². The first-order valence-corrected chi connectivity index (χ1v) is 8.72. The van der Waals surface area contributed by atoms with Gasteiger partial charge in [-0.3, -0.25) is 0 Å². The molecule has 0 amide bonds. The van der Waals surface area contributed by atoms with Gasteiger partial charge in [-0.1, -0.05) is 39.0 Å². The highest BCUT2D eigenvalue weighted by Crippen LogP contribution is 2.28. The van der Waals surface area contributed by atoms with E-state index in [0.29, 0.717) is 0 Å². The number of aromatic nitrogens is 2. The fourth-order valence-electron chi connectivity index (χ4n) is 2.84. The van der Waals surface area contributed by atoms with Gasteiger partial charge in [0.05, 0.1) is 0 Å². The van der Waals surface area contributed by atoms with E-state index in [4.69, 9.17) is 0 Å². The van der Waals surface area contributed by atoms with Gasteiger partial charge in [0.2, 0.25) is 0 Å². The van der Waals surface area contributed by atoms with Crippen LogP contribution in [0.15, 0.2) is 0 Å². The van der Waals surface area contributed by atoms with Crippen molar-refractivity contribution in [2.24, 2.45) is 5.92 Å². The zero-order chi connectivity index (χ0) is 13.3. The molecule has 1 N–H and O–H groups in total. The van der Waals surface area contributed by atoms with Crippen molar-refractivity contribution >= 4 is 11.3 Å². The van der Waals surface area contributed by atoms with Crippen molar-refractivity contribution in [3.8, 4) is 0 Å². The molecular weight excluding hydrogens is 254 g/mol. The Hall–Kier alpha value is -0.480. The molecule has 1 aliphatic rings. The average molecular weight is 281 g/mol. The van der Waals surface area contributed by atoms with Gasteiger partial charge in [0.25, 0.3) is 0 Å². The number of hydrogen-bond donors (Lipinski definition) is 1. The van der Waals surface area contributed by atoms with Crippen LogP contribution < -0.4 is 5.32 Å². The third kappa shape index (κ3) is 5.57. The van der Waals surface area contributed by atoms with Crippen LogP contribution in [0, 0.1) is 5.92 Å². The molecular formula is C15H27N3S. The summed E-state index contributed by atoms with van der Waals surface area (Å²) in [5, 5.41) is 14.5. The first-order valence-electron chi connectivity index (χ1n) is 7.90. The summed E-state index contributed by atoms with van der Waals surface area (Å²) in [7, 11) is 0. The van der Waals surface area contributed by atoms with E-state index in [1.807, 2.05) is 11.3 Å². The fraction of sp³-hybridized carbons (Fsp3) is 0.867. The molecule has 0 bridgehead atoms. The first-order chi connectivity index (χ1) is 9.38. The molecule has 0 aliphatic heterocycles. The smallest absolute Gasteiger partial charge is 0.117 e. The van der Waals surface area contributed by atoms with Gasteiger partial charge in [0, 0.05) is 12.8 Å². The summed E-state index contributed by atoms with van der Waals surface area (Å²) in [6.45, 7) is 4.30. The molecule has 1 aliphatic carbocycles. The topological polar surface area (TPSA) is 37.8 Å². The maximum atomic E-state index is 4.35. The third-order valence-corrected chi connectivity index (χ3v) is 5.04. The van der Waals surface area contributed by atoms with Crippen LogP contribution >= 0.6 is 11.3 Å². The molecule has 0 spiro atoms. The molecule has 1 aromatic rings. The molecule has 0 atom stereocenters. The molecule has 2 rings (SSSR count). The lowest BCUT2D eigenvalue weighted by Crippen LogP contribution is -2.14. The van der Waals surface area contributed by atoms with Crippen molar-refractivity contribution in [3.05, 3.63) is 10.0 Å². The van der Waals surface area contributed by atoms with E-state index in [2.05, 4.69) is 22.4 Å². The average Bonchev–Trinajstić information content (AvgIpc) is 2.91. The van der Waals surface area contributed by atoms with Gasteiger partial charge in [0.1, 0.15) is 10.0 Å². The predicted molar refractivity (Wildman–Crippen MR) is 81.7 cm³/mol. The van der Waals surface area contributed by atoms with Crippen molar-refractivity contribution < 1.29 is 0 Å². The maximum absolute atomic E-state index is 4.35. The molecule has 1 aromatic heterocycles. The minimum absolute atomic E-state index is 0.954. The number of nitrogens with zero attached hydrogens (tertiary/aromatic N) is 2. The Morgan fingerprint density at radius 1 is 1.11 bits per heavy atom. The highest BCUT2D eigenvalue weighted by Gasteiger charge is 2.14. The second kappa shape index (κ2) is 8.64. The summed E-state index contributed by atoms with van der Waals surface area (Å²) < 4.78 is 0. The second-order valence-corrected chi connectivity index (χ2v) is 6.74. The number of nitrogens with one attached hydrogen (secondary N) is 1. The van der Waals surface area contributed by atoms with Crippen molar-refractivity contribution in [2.45, 2.75) is 64.7 Å². The van der Waals surface area contributed by atoms with E-state index in [-0.39, 0.29) is 0 Å². The lowest BCUT2D eigenvalue weighted by atomic mass is 9.86. The molecule has 4 heteroatoms. The minimum atomic E-state index is 0.954. The van der Waals surface area contributed by atoms with Crippen molar-refractivity contribution in [1.82, 2.24) is 15.5 Å². The van der Waals surface area contributed by atoms with E-state index in [9.17, 15) is 0 Å². The summed E-state index contributed by atoms with van der Waals surface area (Å²) in [5.41, 5.74) is 0. The van der Waals surface area contributed by atoms with E-state index < -0.39 is 0 Å². The minimum Gasteiger partial charge on any atom is -0.317 e. The second-order valence-electron chi connectivity index (χ2n) is 5.59. The van der Waals surface area contributed by atoms with Gasteiger partial charge in [-0.15, -0.1) is 21.5 Å². The Morgan fingerprint density at radius 2 is 1.84 bits per heavy atom. The van der Waals surface area contributed by atoms with Crippen LogP contribution in [0.2, 0.25) is 0 Å². The zero-order valence-corrected chi connectivity index (χ0v) is 13.0. The molecule has 0 saturated heterocycles. The standard InChI is InChI=1S/C15H27N3S/c1-2-16-12-6-9-14-17-18-15(19-14)11-10-13-7-4-3-5-8-13/h13,16H,2-12H2,1H3. The van der Waals surface area contributed by atoms with Gasteiger partial charge >= 0.3 is 0 Å². The summed E-state index contributed by atoms with van der Waals surface area (Å²) in [5.74, 6) is 0.954. The first kappa shape index (κ1) is 14.9. The summed E-state index contributed by atoms with van der Waals surface area (Å²) in [6.07, 6.45) is 11.9. The van der Waals surface area contributed by atoms with Crippen molar-refractivity contribution in [2.75, 3.05) is 13.1 Å². The quantitative estimate of drug-likeness (QED) is 0.740. The lowest BCUT2D eigenvalue weighted by Gasteiger charge is -2.20. The Balaban J connectivity index is 1.65. The molecule has 108 valence electrons. The van der Waals surface area contributed by atoms with E-state index in [0.717, 1.165) is 31.8 Å². The van der Waals surface area contributed by atoms with Gasteiger partial charge in [-0.25, -0.2) is 0 Å². The Bertz CT molecular complexity index is 345. The van der Waals surface area contributed by atoms with E-state index in [1.54, 1.807) is 0 Å². The van der Waals surface area contributed by atoms with Gasteiger partial charge in [-0.2, -0.15) is 0 Å². The van der Waals surface area contributed by atoms with Gasteiger partial charge in [0.15, 0.2) is 0 Å².